The number of thioether (sulfide) groups is 1. The molecule has 7 nitrogen and oxygen atoms in total. The molecule has 2 aromatic rings. The lowest BCUT2D eigenvalue weighted by molar-refractivity contribution is -0.122. The van der Waals surface area contributed by atoms with Gasteiger partial charge in [0.25, 0.3) is 11.1 Å². The first-order chi connectivity index (χ1) is 14.8. The molecule has 0 bridgehead atoms. The molecule has 0 aromatic heterocycles. The lowest BCUT2D eigenvalue weighted by Gasteiger charge is -2.14. The second-order valence-corrected chi connectivity index (χ2v) is 8.81. The van der Waals surface area contributed by atoms with Gasteiger partial charge in [0, 0.05) is 6.54 Å². The van der Waals surface area contributed by atoms with E-state index in [0.717, 1.165) is 26.5 Å². The summed E-state index contributed by atoms with van der Waals surface area (Å²) in [7, 11) is 1.53. The smallest absolute Gasteiger partial charge is 0.335 e. The van der Waals surface area contributed by atoms with Gasteiger partial charge in [0.15, 0.2) is 11.5 Å². The van der Waals surface area contributed by atoms with E-state index in [0.29, 0.717) is 29.4 Å². The molecule has 1 aliphatic rings. The Labute approximate surface area is 197 Å². The van der Waals surface area contributed by atoms with Crippen LogP contribution in [0.25, 0.3) is 6.08 Å². The number of carboxylic acids is 1. The average molecular weight is 553 g/mol. The Morgan fingerprint density at radius 2 is 1.94 bits per heavy atom. The van der Waals surface area contributed by atoms with Crippen LogP contribution in [0.15, 0.2) is 41.3 Å². The number of amides is 2. The van der Waals surface area contributed by atoms with E-state index in [4.69, 9.17) is 14.6 Å². The van der Waals surface area contributed by atoms with Crippen LogP contribution in [-0.4, -0.2) is 40.8 Å². The number of hydrogen-bond acceptors (Lipinski definition) is 6. The molecule has 3 rings (SSSR count). The van der Waals surface area contributed by atoms with Crippen molar-refractivity contribution in [2.24, 2.45) is 0 Å². The number of carboxylic acid groups (broad SMARTS) is 1. The van der Waals surface area contributed by atoms with Crippen LogP contribution in [0.3, 0.4) is 0 Å². The van der Waals surface area contributed by atoms with Crippen LogP contribution < -0.4 is 9.47 Å². The standard InChI is InChI=1S/C22H20INO6S/c1-3-8-24-20(25)18(31-22(24)28)11-14-9-16(23)19(17(10-14)29-2)30-12-13-4-6-15(7-5-13)21(26)27/h4-7,9-11H,3,8,12H2,1-2H3,(H,26,27)/b18-11+. The third-order valence-electron chi connectivity index (χ3n) is 4.45. The normalized spacial score (nSPS) is 14.9. The molecule has 0 unspecified atom stereocenters. The van der Waals surface area contributed by atoms with Crippen LogP contribution in [0.2, 0.25) is 0 Å². The van der Waals surface area contributed by atoms with Crippen molar-refractivity contribution in [2.75, 3.05) is 13.7 Å². The zero-order valence-electron chi connectivity index (χ0n) is 16.9. The van der Waals surface area contributed by atoms with E-state index in [1.54, 1.807) is 24.3 Å². The molecule has 162 valence electrons. The summed E-state index contributed by atoms with van der Waals surface area (Å²) in [4.78, 5) is 37.1. The maximum absolute atomic E-state index is 12.5. The van der Waals surface area contributed by atoms with E-state index in [-0.39, 0.29) is 23.3 Å². The van der Waals surface area contributed by atoms with Gasteiger partial charge in [0.1, 0.15) is 6.61 Å². The minimum atomic E-state index is -0.980. The predicted molar refractivity (Wildman–Crippen MR) is 126 cm³/mol. The van der Waals surface area contributed by atoms with Crippen LogP contribution in [0.5, 0.6) is 11.5 Å². The Bertz CT molecular complexity index is 1050. The molecular weight excluding hydrogens is 533 g/mol. The molecule has 31 heavy (non-hydrogen) atoms. The number of aromatic carboxylic acids is 1. The third-order valence-corrected chi connectivity index (χ3v) is 6.16. The number of imide groups is 1. The first kappa shape index (κ1) is 23.1. The molecule has 1 fully saturated rings. The number of carbonyl (C=O) groups excluding carboxylic acids is 2. The van der Waals surface area contributed by atoms with E-state index >= 15 is 0 Å². The van der Waals surface area contributed by atoms with Crippen molar-refractivity contribution >= 4 is 57.5 Å². The zero-order chi connectivity index (χ0) is 22.5. The molecule has 0 radical (unpaired) electrons. The molecule has 1 aliphatic heterocycles. The Balaban J connectivity index is 1.79. The van der Waals surface area contributed by atoms with Crippen molar-refractivity contribution in [3.63, 3.8) is 0 Å². The van der Waals surface area contributed by atoms with Gasteiger partial charge in [-0.25, -0.2) is 4.79 Å². The van der Waals surface area contributed by atoms with Crippen molar-refractivity contribution in [3.05, 3.63) is 61.6 Å². The molecule has 1 heterocycles. The van der Waals surface area contributed by atoms with Crippen LogP contribution in [0, 0.1) is 3.57 Å². The van der Waals surface area contributed by atoms with Gasteiger partial charge >= 0.3 is 5.97 Å². The predicted octanol–water partition coefficient (Wildman–Crippen LogP) is 5.02. The highest BCUT2D eigenvalue weighted by molar-refractivity contribution is 14.1. The first-order valence-electron chi connectivity index (χ1n) is 9.42. The van der Waals surface area contributed by atoms with Crippen molar-refractivity contribution < 1.29 is 29.0 Å². The molecule has 9 heteroatoms. The molecule has 2 aromatic carbocycles. The van der Waals surface area contributed by atoms with Gasteiger partial charge in [-0.05, 0) is 82.2 Å². The molecule has 0 saturated carbocycles. The minimum Gasteiger partial charge on any atom is -0.493 e. The van der Waals surface area contributed by atoms with E-state index in [1.807, 2.05) is 13.0 Å². The van der Waals surface area contributed by atoms with E-state index in [9.17, 15) is 14.4 Å². The number of methoxy groups -OCH3 is 1. The molecule has 1 saturated heterocycles. The second-order valence-electron chi connectivity index (χ2n) is 6.66. The summed E-state index contributed by atoms with van der Waals surface area (Å²) < 4.78 is 12.2. The summed E-state index contributed by atoms with van der Waals surface area (Å²) >= 11 is 3.06. The zero-order valence-corrected chi connectivity index (χ0v) is 19.9. The SMILES string of the molecule is CCCN1C(=O)S/C(=C/c2cc(I)c(OCc3ccc(C(=O)O)cc3)c(OC)c2)C1=O. The number of halogens is 1. The second kappa shape index (κ2) is 10.2. The van der Waals surface area contributed by atoms with E-state index in [2.05, 4.69) is 22.6 Å². The van der Waals surface area contributed by atoms with Crippen molar-refractivity contribution in [3.8, 4) is 11.5 Å². The number of rotatable bonds is 8. The first-order valence-corrected chi connectivity index (χ1v) is 11.3. The van der Waals surface area contributed by atoms with Crippen molar-refractivity contribution in [2.45, 2.75) is 20.0 Å². The van der Waals surface area contributed by atoms with Gasteiger partial charge < -0.3 is 14.6 Å². The number of nitrogens with zero attached hydrogens (tertiary/aromatic N) is 1. The fourth-order valence-electron chi connectivity index (χ4n) is 2.93. The minimum absolute atomic E-state index is 0.212. The van der Waals surface area contributed by atoms with Gasteiger partial charge in [-0.3, -0.25) is 14.5 Å². The van der Waals surface area contributed by atoms with Gasteiger partial charge in [0.2, 0.25) is 0 Å². The maximum atomic E-state index is 12.5. The van der Waals surface area contributed by atoms with Crippen LogP contribution in [0.4, 0.5) is 4.79 Å². The third kappa shape index (κ3) is 5.40. The summed E-state index contributed by atoms with van der Waals surface area (Å²) in [6.07, 6.45) is 2.39. The highest BCUT2D eigenvalue weighted by atomic mass is 127. The van der Waals surface area contributed by atoms with Gasteiger partial charge in [-0.15, -0.1) is 0 Å². The Kier molecular flexibility index (Phi) is 7.60. The monoisotopic (exact) mass is 553 g/mol. The molecular formula is C22H20INO6S. The lowest BCUT2D eigenvalue weighted by Crippen LogP contribution is -2.28. The molecule has 1 N–H and O–H groups in total. The fraction of sp³-hybridized carbons (Fsp3) is 0.227. The largest absolute Gasteiger partial charge is 0.493 e. The summed E-state index contributed by atoms with van der Waals surface area (Å²) in [5, 5.41) is 8.74. The number of hydrogen-bond donors (Lipinski definition) is 1. The van der Waals surface area contributed by atoms with Gasteiger partial charge in [-0.2, -0.15) is 0 Å². The van der Waals surface area contributed by atoms with Gasteiger partial charge in [-0.1, -0.05) is 19.1 Å². The Morgan fingerprint density at radius 1 is 1.23 bits per heavy atom. The number of benzene rings is 2. The molecule has 0 aliphatic carbocycles. The number of ether oxygens (including phenoxy) is 2. The van der Waals surface area contributed by atoms with Gasteiger partial charge in [0.05, 0.1) is 21.1 Å². The van der Waals surface area contributed by atoms with E-state index < -0.39 is 5.97 Å². The van der Waals surface area contributed by atoms with Crippen molar-refractivity contribution in [1.82, 2.24) is 4.90 Å². The van der Waals surface area contributed by atoms with Crippen LogP contribution in [0.1, 0.15) is 34.8 Å². The highest BCUT2D eigenvalue weighted by Gasteiger charge is 2.34. The van der Waals surface area contributed by atoms with Crippen molar-refractivity contribution in [1.29, 1.82) is 0 Å². The van der Waals surface area contributed by atoms with Crippen LogP contribution in [-0.2, 0) is 11.4 Å². The summed E-state index contributed by atoms with van der Waals surface area (Å²) in [6.45, 7) is 2.56. The quantitative estimate of drug-likeness (QED) is 0.363. The molecule has 0 spiro atoms. The van der Waals surface area contributed by atoms with E-state index in [1.165, 1.54) is 24.1 Å². The lowest BCUT2D eigenvalue weighted by atomic mass is 10.1. The summed E-state index contributed by atoms with van der Waals surface area (Å²) in [5.41, 5.74) is 1.75. The topological polar surface area (TPSA) is 93.1 Å². The maximum Gasteiger partial charge on any atom is 0.335 e. The van der Waals surface area contributed by atoms with Crippen LogP contribution >= 0.6 is 34.4 Å². The summed E-state index contributed by atoms with van der Waals surface area (Å²) in [5.74, 6) is -0.225. The average Bonchev–Trinajstić information content (AvgIpc) is 3.00. The molecule has 2 amide bonds. The summed E-state index contributed by atoms with van der Waals surface area (Å²) in [6, 6.07) is 10.0. The highest BCUT2D eigenvalue weighted by Crippen LogP contribution is 2.37. The fourth-order valence-corrected chi connectivity index (χ4v) is 4.58. The Hall–Kier alpha value is -2.53. The Morgan fingerprint density at radius 3 is 2.55 bits per heavy atom. The number of carbonyl (C=O) groups is 3. The molecule has 0 atom stereocenters.